The van der Waals surface area contributed by atoms with Crippen LogP contribution in [0.3, 0.4) is 0 Å². The second-order valence-corrected chi connectivity index (χ2v) is 5.58. The number of rotatable bonds is 0. The van der Waals surface area contributed by atoms with Gasteiger partial charge in [-0.15, -0.1) is 0 Å². The highest BCUT2D eigenvalue weighted by molar-refractivity contribution is 4.86. The molecule has 0 unspecified atom stereocenters. The molecule has 3 rings (SSSR count). The molecule has 2 heteroatoms. The van der Waals surface area contributed by atoms with E-state index in [2.05, 4.69) is 4.90 Å². The first kappa shape index (κ1) is 10.1. The zero-order valence-corrected chi connectivity index (χ0v) is 9.66. The Balaban J connectivity index is 1.70. The molecule has 3 aliphatic rings. The van der Waals surface area contributed by atoms with Gasteiger partial charge in [0.2, 0.25) is 0 Å². The van der Waals surface area contributed by atoms with Crippen molar-refractivity contribution in [2.45, 2.75) is 63.5 Å². The van der Waals surface area contributed by atoms with Gasteiger partial charge in [0, 0.05) is 12.6 Å². The summed E-state index contributed by atoms with van der Waals surface area (Å²) < 4.78 is 6.10. The quantitative estimate of drug-likeness (QED) is 0.608. The molecule has 0 N–H and O–H groups in total. The molecule has 15 heavy (non-hydrogen) atoms. The maximum absolute atomic E-state index is 6.10. The van der Waals surface area contributed by atoms with E-state index < -0.39 is 0 Å². The molecule has 2 heterocycles. The summed E-state index contributed by atoms with van der Waals surface area (Å²) in [5.74, 6) is 0.881. The van der Waals surface area contributed by atoms with E-state index in [0.717, 1.165) is 18.7 Å². The monoisotopic (exact) mass is 209 g/mol. The highest BCUT2D eigenvalue weighted by Gasteiger charge is 2.35. The van der Waals surface area contributed by atoms with Crippen molar-refractivity contribution in [3.63, 3.8) is 0 Å². The maximum Gasteiger partial charge on any atom is 0.0996 e. The van der Waals surface area contributed by atoms with Gasteiger partial charge in [-0.25, -0.2) is 0 Å². The van der Waals surface area contributed by atoms with E-state index in [9.17, 15) is 0 Å². The Morgan fingerprint density at radius 1 is 0.933 bits per heavy atom. The molecule has 2 nitrogen and oxygen atoms in total. The average Bonchev–Trinajstić information content (AvgIpc) is 2.48. The van der Waals surface area contributed by atoms with Gasteiger partial charge in [0.1, 0.15) is 0 Å². The van der Waals surface area contributed by atoms with Crippen LogP contribution in [0.2, 0.25) is 0 Å². The van der Waals surface area contributed by atoms with Crippen LogP contribution in [0.15, 0.2) is 0 Å². The largest absolute Gasteiger partial charge is 0.363 e. The summed E-state index contributed by atoms with van der Waals surface area (Å²) in [6.45, 7) is 2.20. The van der Waals surface area contributed by atoms with Crippen LogP contribution in [0, 0.1) is 5.92 Å². The normalized spacial score (nSPS) is 42.8. The third-order valence-electron chi connectivity index (χ3n) is 4.62. The van der Waals surface area contributed by atoms with Crippen LogP contribution in [-0.2, 0) is 4.74 Å². The van der Waals surface area contributed by atoms with Gasteiger partial charge in [-0.1, -0.05) is 19.3 Å². The van der Waals surface area contributed by atoms with Crippen molar-refractivity contribution in [3.8, 4) is 0 Å². The summed E-state index contributed by atoms with van der Waals surface area (Å²) >= 11 is 0. The Labute approximate surface area is 93.0 Å². The molecule has 86 valence electrons. The number of nitrogens with zero attached hydrogens (tertiary/aromatic N) is 1. The third kappa shape index (κ3) is 2.07. The molecule has 2 saturated heterocycles. The van der Waals surface area contributed by atoms with Gasteiger partial charge < -0.3 is 4.74 Å². The topological polar surface area (TPSA) is 12.5 Å². The molecule has 0 aromatic rings. The van der Waals surface area contributed by atoms with Crippen LogP contribution in [0.4, 0.5) is 0 Å². The molecule has 0 aromatic heterocycles. The lowest BCUT2D eigenvalue weighted by atomic mass is 9.81. The number of piperidine rings is 1. The van der Waals surface area contributed by atoms with Gasteiger partial charge in [0.25, 0.3) is 0 Å². The fraction of sp³-hybridized carbons (Fsp3) is 1.00. The minimum atomic E-state index is 0.601. The zero-order valence-electron chi connectivity index (χ0n) is 9.66. The lowest BCUT2D eigenvalue weighted by Crippen LogP contribution is -2.39. The molecule has 3 fully saturated rings. The fourth-order valence-electron chi connectivity index (χ4n) is 3.70. The lowest BCUT2D eigenvalue weighted by molar-refractivity contribution is -0.0461. The highest BCUT2D eigenvalue weighted by Crippen LogP contribution is 2.36. The molecule has 0 radical (unpaired) electrons. The number of ether oxygens (including phenoxy) is 1. The molecular weight excluding hydrogens is 186 g/mol. The first-order valence-corrected chi connectivity index (χ1v) is 6.79. The van der Waals surface area contributed by atoms with Crippen molar-refractivity contribution in [1.82, 2.24) is 4.90 Å². The van der Waals surface area contributed by atoms with Crippen molar-refractivity contribution in [1.29, 1.82) is 0 Å². The Morgan fingerprint density at radius 2 is 1.80 bits per heavy atom. The summed E-state index contributed by atoms with van der Waals surface area (Å²) in [5.41, 5.74) is 0. The van der Waals surface area contributed by atoms with Crippen LogP contribution >= 0.6 is 0 Å². The molecule has 3 atom stereocenters. The molecule has 0 amide bonds. The van der Waals surface area contributed by atoms with Crippen molar-refractivity contribution < 1.29 is 4.74 Å². The van der Waals surface area contributed by atoms with Gasteiger partial charge >= 0.3 is 0 Å². The summed E-state index contributed by atoms with van der Waals surface area (Å²) in [5, 5.41) is 0. The zero-order chi connectivity index (χ0) is 10.1. The van der Waals surface area contributed by atoms with E-state index in [0.29, 0.717) is 6.10 Å². The Bertz CT molecular complexity index is 197. The van der Waals surface area contributed by atoms with Crippen LogP contribution < -0.4 is 0 Å². The van der Waals surface area contributed by atoms with Crippen molar-refractivity contribution in [2.75, 3.05) is 13.3 Å². The van der Waals surface area contributed by atoms with Gasteiger partial charge in [-0.2, -0.15) is 0 Å². The minimum absolute atomic E-state index is 0.601. The standard InChI is InChI=1S/C13H23NO/c1-2-7-13-11(5-1)9-12-6-3-4-8-14(12)10-15-13/h11-13H,1-10H2/t11-,12-,13+/m1/s1. The predicted molar refractivity (Wildman–Crippen MR) is 60.7 cm³/mol. The Morgan fingerprint density at radius 3 is 2.80 bits per heavy atom. The summed E-state index contributed by atoms with van der Waals surface area (Å²) in [6.07, 6.45) is 11.9. The maximum atomic E-state index is 6.10. The summed E-state index contributed by atoms with van der Waals surface area (Å²) in [4.78, 5) is 2.60. The summed E-state index contributed by atoms with van der Waals surface area (Å²) in [6, 6.07) is 0.854. The smallest absolute Gasteiger partial charge is 0.0996 e. The Hall–Kier alpha value is -0.0800. The number of hydrogen-bond acceptors (Lipinski definition) is 2. The molecule has 2 aliphatic heterocycles. The van der Waals surface area contributed by atoms with Crippen LogP contribution in [0.1, 0.15) is 51.4 Å². The van der Waals surface area contributed by atoms with Crippen molar-refractivity contribution in [2.24, 2.45) is 5.92 Å². The van der Waals surface area contributed by atoms with E-state index >= 15 is 0 Å². The minimum Gasteiger partial charge on any atom is -0.363 e. The molecule has 0 aromatic carbocycles. The van der Waals surface area contributed by atoms with Crippen LogP contribution in [0.5, 0.6) is 0 Å². The number of fused-ring (bicyclic) bond motifs is 2. The third-order valence-corrected chi connectivity index (χ3v) is 4.62. The molecular formula is C13H23NO. The fourth-order valence-corrected chi connectivity index (χ4v) is 3.70. The summed E-state index contributed by atoms with van der Waals surface area (Å²) in [7, 11) is 0. The molecule has 0 bridgehead atoms. The lowest BCUT2D eigenvalue weighted by Gasteiger charge is -2.34. The molecule has 1 aliphatic carbocycles. The van der Waals surface area contributed by atoms with Crippen molar-refractivity contribution >= 4 is 0 Å². The van der Waals surface area contributed by atoms with Gasteiger partial charge in [0.15, 0.2) is 0 Å². The van der Waals surface area contributed by atoms with Gasteiger partial charge in [0.05, 0.1) is 12.8 Å². The average molecular weight is 209 g/mol. The second-order valence-electron chi connectivity index (χ2n) is 5.58. The number of hydrogen-bond donors (Lipinski definition) is 0. The first-order valence-electron chi connectivity index (χ1n) is 6.79. The highest BCUT2D eigenvalue weighted by atomic mass is 16.5. The van der Waals surface area contributed by atoms with E-state index in [1.807, 2.05) is 0 Å². The van der Waals surface area contributed by atoms with E-state index in [-0.39, 0.29) is 0 Å². The van der Waals surface area contributed by atoms with Gasteiger partial charge in [-0.05, 0) is 38.0 Å². The molecule has 0 spiro atoms. The van der Waals surface area contributed by atoms with E-state index in [1.165, 1.54) is 57.9 Å². The van der Waals surface area contributed by atoms with E-state index in [4.69, 9.17) is 4.74 Å². The van der Waals surface area contributed by atoms with Crippen LogP contribution in [0.25, 0.3) is 0 Å². The van der Waals surface area contributed by atoms with E-state index in [1.54, 1.807) is 0 Å². The SMILES string of the molecule is C1CC[C@@H]2OCN3CCCC[C@@H]3C[C@H]2C1. The predicted octanol–water partition coefficient (Wildman–Crippen LogP) is 2.78. The Kier molecular flexibility index (Phi) is 2.98. The van der Waals surface area contributed by atoms with Crippen LogP contribution in [-0.4, -0.2) is 30.3 Å². The first-order chi connectivity index (χ1) is 7.43. The second kappa shape index (κ2) is 4.42. The molecule has 1 saturated carbocycles. The van der Waals surface area contributed by atoms with Gasteiger partial charge in [-0.3, -0.25) is 4.90 Å². The van der Waals surface area contributed by atoms with Crippen molar-refractivity contribution in [3.05, 3.63) is 0 Å².